The average Bonchev–Trinajstić information content (AvgIpc) is 2.76. The molecule has 5 nitrogen and oxygen atoms in total. The zero-order valence-corrected chi connectivity index (χ0v) is 17.9. The number of benzene rings is 3. The third-order valence-electron chi connectivity index (χ3n) is 4.30. The van der Waals surface area contributed by atoms with Gasteiger partial charge in [0.05, 0.1) is 13.7 Å². The molecule has 0 unspecified atom stereocenters. The smallest absolute Gasteiger partial charge is 0.195 e. The molecule has 0 aliphatic heterocycles. The zero-order chi connectivity index (χ0) is 22.1. The minimum Gasteiger partial charge on any atom is -0.497 e. The second kappa shape index (κ2) is 11.0. The lowest BCUT2D eigenvalue weighted by Gasteiger charge is -2.18. The molecule has 156 valence electrons. The van der Waals surface area contributed by atoms with Crippen molar-refractivity contribution >= 4 is 23.1 Å². The summed E-state index contributed by atoms with van der Waals surface area (Å²) in [5, 5.41) is 2.12. The van der Waals surface area contributed by atoms with Gasteiger partial charge in [0, 0.05) is 27.5 Å². The third kappa shape index (κ3) is 6.65. The maximum atomic E-state index is 12.1. The number of halogens is 1. The van der Waals surface area contributed by atoms with Crippen molar-refractivity contribution in [2.75, 3.05) is 12.8 Å². The minimum absolute atomic E-state index is 0.111. The monoisotopic (exact) mass is 423 g/mol. The van der Waals surface area contributed by atoms with Crippen LogP contribution in [0.3, 0.4) is 0 Å². The third-order valence-corrected chi connectivity index (χ3v) is 4.53. The summed E-state index contributed by atoms with van der Waals surface area (Å²) in [4.78, 5) is 12.1. The van der Waals surface area contributed by atoms with E-state index in [1.54, 1.807) is 42.5 Å². The highest BCUT2D eigenvalue weighted by molar-refractivity contribution is 6.31. The van der Waals surface area contributed by atoms with Crippen molar-refractivity contribution in [3.05, 3.63) is 107 Å². The van der Waals surface area contributed by atoms with Gasteiger partial charge in [-0.3, -0.25) is 4.79 Å². The Hall–Kier alpha value is -3.28. The Morgan fingerprint density at radius 3 is 2.27 bits per heavy atom. The van der Waals surface area contributed by atoms with Crippen LogP contribution < -0.4 is 16.3 Å². The molecule has 0 aromatic heterocycles. The summed E-state index contributed by atoms with van der Waals surface area (Å²) in [6, 6.07) is 21.7. The lowest BCUT2D eigenvalue weighted by Crippen LogP contribution is -2.27. The lowest BCUT2D eigenvalue weighted by molar-refractivity contribution is 0.103. The van der Waals surface area contributed by atoms with Crippen LogP contribution in [0.5, 0.6) is 5.75 Å². The highest BCUT2D eigenvalue weighted by Gasteiger charge is 2.12. The fraction of sp³-hybridized carbons (Fsp3) is 0.125. The van der Waals surface area contributed by atoms with E-state index in [9.17, 15) is 4.79 Å². The number of ketones is 1. The molecule has 4 N–H and O–H groups in total. The van der Waals surface area contributed by atoms with Gasteiger partial charge in [0.25, 0.3) is 0 Å². The maximum absolute atomic E-state index is 12.1. The van der Waals surface area contributed by atoms with Crippen LogP contribution in [0.2, 0.25) is 5.02 Å². The van der Waals surface area contributed by atoms with Gasteiger partial charge in [-0.15, -0.1) is 0 Å². The number of allylic oxidation sites excluding steroid dienone is 1. The molecule has 0 amide bonds. The predicted molar refractivity (Wildman–Crippen MR) is 123 cm³/mol. The number of rotatable bonds is 6. The Bertz CT molecular complexity index is 989. The molecular weight excluding hydrogens is 398 g/mol. The summed E-state index contributed by atoms with van der Waals surface area (Å²) < 4.78 is 5.06. The van der Waals surface area contributed by atoms with E-state index in [0.29, 0.717) is 28.4 Å². The zero-order valence-electron chi connectivity index (χ0n) is 17.1. The first kappa shape index (κ1) is 23.0. The summed E-state index contributed by atoms with van der Waals surface area (Å²) >= 11 is 5.84. The Morgan fingerprint density at radius 2 is 1.70 bits per heavy atom. The van der Waals surface area contributed by atoms with E-state index in [2.05, 4.69) is 6.58 Å². The summed E-state index contributed by atoms with van der Waals surface area (Å²) in [5.74, 6) is 6.47. The van der Waals surface area contributed by atoms with Crippen molar-refractivity contribution in [3.63, 3.8) is 0 Å². The van der Waals surface area contributed by atoms with Crippen molar-refractivity contribution in [2.24, 2.45) is 5.84 Å². The van der Waals surface area contributed by atoms with Gasteiger partial charge in [0.1, 0.15) is 5.75 Å². The lowest BCUT2D eigenvalue weighted by atomic mass is 10.0. The molecule has 30 heavy (non-hydrogen) atoms. The normalized spacial score (nSPS) is 9.87. The first-order chi connectivity index (χ1) is 14.3. The molecule has 3 rings (SSSR count). The van der Waals surface area contributed by atoms with Crippen LogP contribution in [0.4, 0.5) is 5.69 Å². The molecule has 0 aliphatic rings. The fourth-order valence-corrected chi connectivity index (χ4v) is 2.70. The number of carbonyl (C=O) groups excluding carboxylic acids is 1. The van der Waals surface area contributed by atoms with Crippen molar-refractivity contribution in [1.82, 2.24) is 5.01 Å². The van der Waals surface area contributed by atoms with E-state index < -0.39 is 0 Å². The van der Waals surface area contributed by atoms with E-state index in [1.165, 1.54) is 0 Å². The fourth-order valence-electron chi connectivity index (χ4n) is 2.53. The average molecular weight is 424 g/mol. The van der Waals surface area contributed by atoms with Gasteiger partial charge >= 0.3 is 0 Å². The highest BCUT2D eigenvalue weighted by atomic mass is 35.5. The second-order valence-corrected chi connectivity index (χ2v) is 7.07. The summed E-state index contributed by atoms with van der Waals surface area (Å²) in [5.41, 5.74) is 9.23. The van der Waals surface area contributed by atoms with Gasteiger partial charge in [-0.2, -0.15) is 0 Å². The van der Waals surface area contributed by atoms with Crippen LogP contribution in [0, 0.1) is 0 Å². The van der Waals surface area contributed by atoms with Crippen molar-refractivity contribution < 1.29 is 9.53 Å². The summed E-state index contributed by atoms with van der Waals surface area (Å²) in [7, 11) is 1.65. The quantitative estimate of drug-likeness (QED) is 0.251. The Morgan fingerprint density at radius 1 is 1.07 bits per heavy atom. The van der Waals surface area contributed by atoms with Crippen molar-refractivity contribution in [1.29, 1.82) is 0 Å². The molecule has 0 heterocycles. The van der Waals surface area contributed by atoms with Crippen LogP contribution in [0.25, 0.3) is 0 Å². The van der Waals surface area contributed by atoms with E-state index >= 15 is 0 Å². The number of anilines is 1. The van der Waals surface area contributed by atoms with Gasteiger partial charge in [-0.05, 0) is 42.8 Å². The number of methoxy groups -OCH3 is 1. The van der Waals surface area contributed by atoms with E-state index in [1.807, 2.05) is 49.4 Å². The van der Waals surface area contributed by atoms with Crippen LogP contribution in [0.15, 0.2) is 85.1 Å². The van der Waals surface area contributed by atoms with Gasteiger partial charge in [0.15, 0.2) is 5.78 Å². The molecule has 0 aliphatic carbocycles. The standard InChI is InChI=1S/C13H10ClNO.C11H16N2O/c14-10-6-7-12(15)11(8-10)13(16)9-4-2-1-3-5-9;1-9(2)13(12)8-10-4-6-11(14-3)7-5-10/h1-8H,15H2;4-7H,1,8,12H2,2-3H3. The molecule has 0 fully saturated rings. The first-order valence-electron chi connectivity index (χ1n) is 9.27. The number of ether oxygens (including phenoxy) is 1. The first-order valence-corrected chi connectivity index (χ1v) is 9.65. The number of hydrogen-bond acceptors (Lipinski definition) is 5. The molecule has 3 aromatic rings. The number of hydrazine groups is 1. The number of hydrogen-bond donors (Lipinski definition) is 2. The summed E-state index contributed by atoms with van der Waals surface area (Å²) in [6.07, 6.45) is 0. The Labute approximate surface area is 182 Å². The van der Waals surface area contributed by atoms with Crippen molar-refractivity contribution in [2.45, 2.75) is 13.5 Å². The van der Waals surface area contributed by atoms with E-state index in [4.69, 9.17) is 27.9 Å². The molecule has 0 atom stereocenters. The van der Waals surface area contributed by atoms with Gasteiger partial charge in [-0.1, -0.05) is 60.6 Å². The van der Waals surface area contributed by atoms with E-state index in [-0.39, 0.29) is 5.78 Å². The number of nitrogens with zero attached hydrogens (tertiary/aromatic N) is 1. The number of nitrogens with two attached hydrogens (primary N) is 2. The largest absolute Gasteiger partial charge is 0.497 e. The predicted octanol–water partition coefficient (Wildman–Crippen LogP) is 5.06. The Balaban J connectivity index is 0.000000216. The van der Waals surface area contributed by atoms with Crippen LogP contribution in [0.1, 0.15) is 28.4 Å². The molecule has 6 heteroatoms. The van der Waals surface area contributed by atoms with Crippen LogP contribution in [-0.4, -0.2) is 17.9 Å². The highest BCUT2D eigenvalue weighted by Crippen LogP contribution is 2.21. The van der Waals surface area contributed by atoms with Crippen molar-refractivity contribution in [3.8, 4) is 5.75 Å². The topological polar surface area (TPSA) is 81.6 Å². The molecular formula is C24H26ClN3O2. The van der Waals surface area contributed by atoms with Crippen LogP contribution >= 0.6 is 11.6 Å². The molecule has 0 bridgehead atoms. The molecule has 0 saturated heterocycles. The minimum atomic E-state index is -0.111. The van der Waals surface area contributed by atoms with Gasteiger partial charge in [-0.25, -0.2) is 5.84 Å². The van der Waals surface area contributed by atoms with Gasteiger partial charge < -0.3 is 15.5 Å². The van der Waals surface area contributed by atoms with E-state index in [0.717, 1.165) is 17.0 Å². The molecule has 0 spiro atoms. The number of nitrogen functional groups attached to an aromatic ring is 1. The molecule has 0 saturated carbocycles. The number of carbonyl (C=O) groups is 1. The molecule has 0 radical (unpaired) electrons. The van der Waals surface area contributed by atoms with Crippen LogP contribution in [-0.2, 0) is 6.54 Å². The van der Waals surface area contributed by atoms with Gasteiger partial charge in [0.2, 0.25) is 0 Å². The Kier molecular flexibility index (Phi) is 8.47. The maximum Gasteiger partial charge on any atom is 0.195 e. The second-order valence-electron chi connectivity index (χ2n) is 6.64. The summed E-state index contributed by atoms with van der Waals surface area (Å²) in [6.45, 7) is 6.31. The SMILES string of the molecule is C=C(C)N(N)Cc1ccc(OC)cc1.Nc1ccc(Cl)cc1C(=O)c1ccccc1. The molecule has 3 aromatic carbocycles.